The zero-order valence-corrected chi connectivity index (χ0v) is 9.63. The summed E-state index contributed by atoms with van der Waals surface area (Å²) in [6.07, 6.45) is 1.05. The molecular weight excluding hydrogens is 191 g/mol. The maximum atomic E-state index is 13.6. The minimum Gasteiger partial charge on any atom is -0.388 e. The maximum Gasteiger partial charge on any atom is 0.129 e. The molecule has 1 N–H and O–H groups in total. The topological polar surface area (TPSA) is 20.2 Å². The Balaban J connectivity index is 2.94. The summed E-state index contributed by atoms with van der Waals surface area (Å²) in [5.41, 5.74) is 1.31. The number of halogens is 1. The molecule has 1 aromatic carbocycles. The summed E-state index contributed by atoms with van der Waals surface area (Å²) in [4.78, 5) is 0. The van der Waals surface area contributed by atoms with Crippen LogP contribution in [-0.2, 0) is 0 Å². The Morgan fingerprint density at radius 1 is 1.27 bits per heavy atom. The molecule has 0 radical (unpaired) electrons. The van der Waals surface area contributed by atoms with E-state index in [-0.39, 0.29) is 11.7 Å². The second-order valence-corrected chi connectivity index (χ2v) is 4.05. The van der Waals surface area contributed by atoms with Crippen LogP contribution >= 0.6 is 0 Å². The highest BCUT2D eigenvalue weighted by Crippen LogP contribution is 2.29. The monoisotopic (exact) mass is 210 g/mol. The molecule has 1 rings (SSSR count). The van der Waals surface area contributed by atoms with Crippen molar-refractivity contribution in [1.82, 2.24) is 0 Å². The minimum atomic E-state index is -0.680. The fraction of sp³-hybridized carbons (Fsp3) is 0.538. The number of rotatable bonds is 4. The van der Waals surface area contributed by atoms with Gasteiger partial charge in [0, 0.05) is 5.56 Å². The van der Waals surface area contributed by atoms with E-state index >= 15 is 0 Å². The van der Waals surface area contributed by atoms with Crippen LogP contribution in [0.15, 0.2) is 18.2 Å². The Morgan fingerprint density at radius 3 is 2.33 bits per heavy atom. The molecule has 0 amide bonds. The van der Waals surface area contributed by atoms with Crippen molar-refractivity contribution in [2.75, 3.05) is 0 Å². The Kier molecular flexibility index (Phi) is 4.28. The lowest BCUT2D eigenvalue weighted by Gasteiger charge is -2.20. The first-order chi connectivity index (χ1) is 7.10. The SMILES string of the molecule is CCC(CC)C(O)c1ccc(C)cc1F. The summed E-state index contributed by atoms with van der Waals surface area (Å²) in [5.74, 6) is -0.156. The van der Waals surface area contributed by atoms with Crippen molar-refractivity contribution in [3.63, 3.8) is 0 Å². The first-order valence-electron chi connectivity index (χ1n) is 5.54. The second kappa shape index (κ2) is 5.26. The normalized spacial score (nSPS) is 13.2. The van der Waals surface area contributed by atoms with Gasteiger partial charge in [0.1, 0.15) is 5.82 Å². The third-order valence-corrected chi connectivity index (χ3v) is 2.97. The van der Waals surface area contributed by atoms with Gasteiger partial charge in [-0.25, -0.2) is 4.39 Å². The van der Waals surface area contributed by atoms with Crippen molar-refractivity contribution in [3.05, 3.63) is 35.1 Å². The summed E-state index contributed by atoms with van der Waals surface area (Å²) >= 11 is 0. The van der Waals surface area contributed by atoms with Crippen LogP contribution in [-0.4, -0.2) is 5.11 Å². The van der Waals surface area contributed by atoms with E-state index in [1.54, 1.807) is 6.07 Å². The van der Waals surface area contributed by atoms with E-state index in [2.05, 4.69) is 0 Å². The van der Waals surface area contributed by atoms with Crippen LogP contribution < -0.4 is 0 Å². The fourth-order valence-electron chi connectivity index (χ4n) is 1.86. The van der Waals surface area contributed by atoms with Gasteiger partial charge in [-0.1, -0.05) is 38.8 Å². The van der Waals surface area contributed by atoms with Crippen molar-refractivity contribution >= 4 is 0 Å². The molecule has 0 fully saturated rings. The number of aliphatic hydroxyl groups is 1. The average molecular weight is 210 g/mol. The van der Waals surface area contributed by atoms with Gasteiger partial charge in [0.05, 0.1) is 6.10 Å². The molecule has 1 nitrogen and oxygen atoms in total. The van der Waals surface area contributed by atoms with E-state index in [4.69, 9.17) is 0 Å². The van der Waals surface area contributed by atoms with Gasteiger partial charge in [0.2, 0.25) is 0 Å². The van der Waals surface area contributed by atoms with Crippen molar-refractivity contribution < 1.29 is 9.50 Å². The van der Waals surface area contributed by atoms with E-state index in [9.17, 15) is 9.50 Å². The summed E-state index contributed by atoms with van der Waals surface area (Å²) in [6.45, 7) is 5.88. The first-order valence-corrected chi connectivity index (χ1v) is 5.54. The Hall–Kier alpha value is -0.890. The molecule has 2 heteroatoms. The highest BCUT2D eigenvalue weighted by atomic mass is 19.1. The van der Waals surface area contributed by atoms with Gasteiger partial charge in [-0.2, -0.15) is 0 Å². The third-order valence-electron chi connectivity index (χ3n) is 2.97. The van der Waals surface area contributed by atoms with E-state index in [1.807, 2.05) is 26.8 Å². The molecule has 0 spiro atoms. The van der Waals surface area contributed by atoms with Crippen LogP contribution in [0.5, 0.6) is 0 Å². The van der Waals surface area contributed by atoms with Gasteiger partial charge in [-0.15, -0.1) is 0 Å². The number of benzene rings is 1. The van der Waals surface area contributed by atoms with Gasteiger partial charge in [-0.3, -0.25) is 0 Å². The quantitative estimate of drug-likeness (QED) is 0.805. The summed E-state index contributed by atoms with van der Waals surface area (Å²) in [6, 6.07) is 5.00. The zero-order valence-electron chi connectivity index (χ0n) is 9.63. The summed E-state index contributed by atoms with van der Waals surface area (Å²) < 4.78 is 13.6. The molecule has 0 heterocycles. The molecule has 0 aliphatic rings. The largest absolute Gasteiger partial charge is 0.388 e. The van der Waals surface area contributed by atoms with Gasteiger partial charge in [-0.05, 0) is 24.5 Å². The summed E-state index contributed by atoms with van der Waals surface area (Å²) in [7, 11) is 0. The molecule has 0 aliphatic carbocycles. The van der Waals surface area contributed by atoms with Crippen LogP contribution in [0.2, 0.25) is 0 Å². The highest BCUT2D eigenvalue weighted by molar-refractivity contribution is 5.25. The molecule has 15 heavy (non-hydrogen) atoms. The Morgan fingerprint density at radius 2 is 1.87 bits per heavy atom. The van der Waals surface area contributed by atoms with Crippen LogP contribution in [0, 0.1) is 18.7 Å². The number of aryl methyl sites for hydroxylation is 1. The third kappa shape index (κ3) is 2.78. The van der Waals surface area contributed by atoms with E-state index < -0.39 is 6.10 Å². The van der Waals surface area contributed by atoms with Crippen molar-refractivity contribution in [3.8, 4) is 0 Å². The predicted octanol–water partition coefficient (Wildman–Crippen LogP) is 3.60. The standard InChI is InChI=1S/C13H19FO/c1-4-10(5-2)13(15)11-7-6-9(3)8-12(11)14/h6-8,10,13,15H,4-5H2,1-3H3. The molecule has 0 saturated carbocycles. The van der Waals surface area contributed by atoms with E-state index in [0.717, 1.165) is 18.4 Å². The molecule has 0 aromatic heterocycles. The maximum absolute atomic E-state index is 13.6. The average Bonchev–Trinajstić information content (AvgIpc) is 2.19. The molecule has 1 unspecified atom stereocenters. The second-order valence-electron chi connectivity index (χ2n) is 4.05. The first kappa shape index (κ1) is 12.2. The Labute approximate surface area is 90.9 Å². The summed E-state index contributed by atoms with van der Waals surface area (Å²) in [5, 5.41) is 10.0. The molecule has 1 atom stereocenters. The van der Waals surface area contributed by atoms with E-state index in [0.29, 0.717) is 5.56 Å². The Bertz CT molecular complexity index is 318. The zero-order chi connectivity index (χ0) is 11.4. The fourth-order valence-corrected chi connectivity index (χ4v) is 1.86. The molecular formula is C13H19FO. The van der Waals surface area contributed by atoms with Gasteiger partial charge in [0.25, 0.3) is 0 Å². The van der Waals surface area contributed by atoms with Crippen LogP contribution in [0.4, 0.5) is 4.39 Å². The smallest absolute Gasteiger partial charge is 0.129 e. The number of aliphatic hydroxyl groups excluding tert-OH is 1. The molecule has 0 aliphatic heterocycles. The molecule has 0 bridgehead atoms. The lowest BCUT2D eigenvalue weighted by Crippen LogP contribution is -2.12. The number of hydrogen-bond acceptors (Lipinski definition) is 1. The van der Waals surface area contributed by atoms with Gasteiger partial charge in [0.15, 0.2) is 0 Å². The van der Waals surface area contributed by atoms with Crippen LogP contribution in [0.3, 0.4) is 0 Å². The predicted molar refractivity (Wildman–Crippen MR) is 60.2 cm³/mol. The van der Waals surface area contributed by atoms with Crippen molar-refractivity contribution in [2.24, 2.45) is 5.92 Å². The highest BCUT2D eigenvalue weighted by Gasteiger charge is 2.20. The molecule has 0 saturated heterocycles. The molecule has 84 valence electrons. The van der Waals surface area contributed by atoms with Gasteiger partial charge < -0.3 is 5.11 Å². The van der Waals surface area contributed by atoms with Gasteiger partial charge >= 0.3 is 0 Å². The minimum absolute atomic E-state index is 0.141. The molecule has 1 aromatic rings. The van der Waals surface area contributed by atoms with Crippen LogP contribution in [0.1, 0.15) is 43.9 Å². The lowest BCUT2D eigenvalue weighted by atomic mass is 9.91. The van der Waals surface area contributed by atoms with Crippen LogP contribution in [0.25, 0.3) is 0 Å². The van der Waals surface area contributed by atoms with Crippen molar-refractivity contribution in [1.29, 1.82) is 0 Å². The van der Waals surface area contributed by atoms with E-state index in [1.165, 1.54) is 6.07 Å². The lowest BCUT2D eigenvalue weighted by molar-refractivity contribution is 0.0996. The number of hydrogen-bond donors (Lipinski definition) is 1. The van der Waals surface area contributed by atoms with Crippen molar-refractivity contribution in [2.45, 2.75) is 39.7 Å².